The van der Waals surface area contributed by atoms with E-state index in [1.54, 1.807) is 11.2 Å². The Hall–Kier alpha value is -2.73. The number of aromatic nitrogens is 2. The van der Waals surface area contributed by atoms with E-state index in [0.717, 1.165) is 5.69 Å². The quantitative estimate of drug-likeness (QED) is 0.629. The third kappa shape index (κ3) is 4.38. The topological polar surface area (TPSA) is 92.4 Å². The van der Waals surface area contributed by atoms with Crippen LogP contribution in [0.3, 0.4) is 0 Å². The second kappa shape index (κ2) is 8.56. The number of ether oxygens (including phenoxy) is 1. The molecule has 2 fully saturated rings. The second-order valence-electron chi connectivity index (χ2n) is 8.30. The third-order valence-electron chi connectivity index (χ3n) is 6.21. The first-order chi connectivity index (χ1) is 14.5. The summed E-state index contributed by atoms with van der Waals surface area (Å²) in [5.41, 5.74) is 0.391. The van der Waals surface area contributed by atoms with Crippen LogP contribution in [-0.4, -0.2) is 76.2 Å². The molecule has 2 atom stereocenters. The highest BCUT2D eigenvalue weighted by molar-refractivity contribution is 5.83. The van der Waals surface area contributed by atoms with Crippen molar-refractivity contribution in [1.82, 2.24) is 19.4 Å². The second-order valence-corrected chi connectivity index (χ2v) is 8.30. The number of hydrogen-bond acceptors (Lipinski definition) is 6. The van der Waals surface area contributed by atoms with E-state index in [9.17, 15) is 9.59 Å². The van der Waals surface area contributed by atoms with Crippen molar-refractivity contribution < 1.29 is 14.3 Å². The molecule has 2 amide bonds. The van der Waals surface area contributed by atoms with Gasteiger partial charge in [-0.15, -0.1) is 12.3 Å². The van der Waals surface area contributed by atoms with Gasteiger partial charge in [0.15, 0.2) is 5.66 Å². The van der Waals surface area contributed by atoms with Crippen LogP contribution in [0, 0.1) is 18.3 Å². The smallest absolute Gasteiger partial charge is 0.228 e. The number of carbonyl (C=O) groups excluding carboxylic acids is 2. The van der Waals surface area contributed by atoms with Crippen molar-refractivity contribution in [3.05, 3.63) is 18.2 Å². The molecular formula is C21H28N6O3. The summed E-state index contributed by atoms with van der Waals surface area (Å²) < 4.78 is 7.26. The van der Waals surface area contributed by atoms with E-state index in [4.69, 9.17) is 11.2 Å². The van der Waals surface area contributed by atoms with E-state index in [0.29, 0.717) is 65.1 Å². The van der Waals surface area contributed by atoms with Gasteiger partial charge in [0.1, 0.15) is 0 Å². The van der Waals surface area contributed by atoms with Crippen molar-refractivity contribution in [1.29, 1.82) is 0 Å². The molecule has 30 heavy (non-hydrogen) atoms. The average molecular weight is 412 g/mol. The molecular weight excluding hydrogens is 384 g/mol. The van der Waals surface area contributed by atoms with Crippen LogP contribution in [0.5, 0.6) is 0 Å². The summed E-state index contributed by atoms with van der Waals surface area (Å²) in [7, 11) is 1.91. The van der Waals surface area contributed by atoms with E-state index in [1.807, 2.05) is 22.7 Å². The predicted molar refractivity (Wildman–Crippen MR) is 108 cm³/mol. The number of carbonyl (C=O) groups is 2. The number of aryl methyl sites for hydroxylation is 1. The number of amides is 2. The third-order valence-corrected chi connectivity index (χ3v) is 6.21. The molecule has 0 spiro atoms. The van der Waals surface area contributed by atoms with Crippen LogP contribution in [0.1, 0.15) is 37.3 Å². The summed E-state index contributed by atoms with van der Waals surface area (Å²) in [6.45, 7) is 3.23. The number of imidazole rings is 1. The lowest BCUT2D eigenvalue weighted by molar-refractivity contribution is -0.140. The van der Waals surface area contributed by atoms with Crippen LogP contribution in [0.25, 0.3) is 0 Å². The lowest BCUT2D eigenvalue weighted by Gasteiger charge is -2.30. The number of morpholine rings is 1. The van der Waals surface area contributed by atoms with Crippen LogP contribution in [0.4, 0.5) is 0 Å². The van der Waals surface area contributed by atoms with Crippen molar-refractivity contribution in [2.24, 2.45) is 23.2 Å². The van der Waals surface area contributed by atoms with Gasteiger partial charge in [0, 0.05) is 71.0 Å². The van der Waals surface area contributed by atoms with Crippen LogP contribution >= 0.6 is 0 Å². The highest BCUT2D eigenvalue weighted by atomic mass is 16.5. The summed E-state index contributed by atoms with van der Waals surface area (Å²) in [4.78, 5) is 34.3. The van der Waals surface area contributed by atoms with Gasteiger partial charge in [-0.1, -0.05) is 0 Å². The largest absolute Gasteiger partial charge is 0.378 e. The number of nitrogens with zero attached hydrogens (tertiary/aromatic N) is 6. The minimum absolute atomic E-state index is 0.0330. The van der Waals surface area contributed by atoms with Crippen LogP contribution in [0.2, 0.25) is 0 Å². The SMILES string of the molecule is C#CCCC1(CCC(=O)N2C[C@@H](C(=O)N3CCOCC3)[C@H](c3cn(C)cn3)C2)N=N1. The van der Waals surface area contributed by atoms with Gasteiger partial charge >= 0.3 is 0 Å². The molecule has 0 aliphatic carbocycles. The predicted octanol–water partition coefficient (Wildman–Crippen LogP) is 1.18. The van der Waals surface area contributed by atoms with Gasteiger partial charge in [0.25, 0.3) is 0 Å². The van der Waals surface area contributed by atoms with Crippen LogP contribution in [-0.2, 0) is 21.4 Å². The Balaban J connectivity index is 1.42. The fourth-order valence-electron chi connectivity index (χ4n) is 4.33. The van der Waals surface area contributed by atoms with E-state index < -0.39 is 5.66 Å². The summed E-state index contributed by atoms with van der Waals surface area (Å²) in [5.74, 6) is 2.34. The highest BCUT2D eigenvalue weighted by Crippen LogP contribution is 2.39. The number of rotatable bonds is 7. The maximum atomic E-state index is 13.3. The maximum Gasteiger partial charge on any atom is 0.228 e. The Morgan fingerprint density at radius 1 is 1.23 bits per heavy atom. The van der Waals surface area contributed by atoms with Crippen molar-refractivity contribution >= 4 is 11.8 Å². The first-order valence-electron chi connectivity index (χ1n) is 10.5. The number of hydrogen-bond donors (Lipinski definition) is 0. The van der Waals surface area contributed by atoms with Gasteiger partial charge in [-0.3, -0.25) is 9.59 Å². The molecule has 2 saturated heterocycles. The zero-order valence-corrected chi connectivity index (χ0v) is 17.4. The summed E-state index contributed by atoms with van der Waals surface area (Å²) in [6, 6.07) is 0. The van der Waals surface area contributed by atoms with Gasteiger partial charge in [0.05, 0.1) is 31.2 Å². The van der Waals surface area contributed by atoms with E-state index in [-0.39, 0.29) is 23.7 Å². The summed E-state index contributed by atoms with van der Waals surface area (Å²) in [6.07, 6.45) is 11.2. The van der Waals surface area contributed by atoms with Gasteiger partial charge in [-0.05, 0) is 0 Å². The molecule has 9 heteroatoms. The molecule has 9 nitrogen and oxygen atoms in total. The maximum absolute atomic E-state index is 13.3. The Kier molecular flexibility index (Phi) is 5.86. The number of terminal acetylenes is 1. The lowest BCUT2D eigenvalue weighted by atomic mass is 9.92. The molecule has 4 heterocycles. The molecule has 4 rings (SSSR count). The van der Waals surface area contributed by atoms with Gasteiger partial charge in [0.2, 0.25) is 11.8 Å². The molecule has 1 aromatic heterocycles. The van der Waals surface area contributed by atoms with E-state index in [2.05, 4.69) is 21.1 Å². The Labute approximate surface area is 176 Å². The summed E-state index contributed by atoms with van der Waals surface area (Å²) >= 11 is 0. The highest BCUT2D eigenvalue weighted by Gasteiger charge is 2.44. The molecule has 3 aliphatic heterocycles. The van der Waals surface area contributed by atoms with Crippen molar-refractivity contribution in [3.8, 4) is 12.3 Å². The van der Waals surface area contributed by atoms with Crippen molar-refractivity contribution in [3.63, 3.8) is 0 Å². The minimum Gasteiger partial charge on any atom is -0.378 e. The fraction of sp³-hybridized carbons (Fsp3) is 0.667. The fourth-order valence-corrected chi connectivity index (χ4v) is 4.33. The zero-order valence-electron chi connectivity index (χ0n) is 17.4. The molecule has 0 saturated carbocycles. The minimum atomic E-state index is -0.467. The van der Waals surface area contributed by atoms with Crippen molar-refractivity contribution in [2.75, 3.05) is 39.4 Å². The Morgan fingerprint density at radius 2 is 2.00 bits per heavy atom. The zero-order chi connectivity index (χ0) is 21.1. The molecule has 0 bridgehead atoms. The lowest BCUT2D eigenvalue weighted by Crippen LogP contribution is -2.45. The van der Waals surface area contributed by atoms with E-state index in [1.165, 1.54) is 0 Å². The molecule has 0 aromatic carbocycles. The van der Waals surface area contributed by atoms with Crippen LogP contribution in [0.15, 0.2) is 22.8 Å². The number of likely N-dealkylation sites (tertiary alicyclic amines) is 1. The molecule has 1 aromatic rings. The monoisotopic (exact) mass is 412 g/mol. The standard InChI is InChI=1S/C21H28N6O3/c1-3-4-6-21(23-24-21)7-5-19(28)27-12-16(18-14-25(2)15-22-18)17(13-27)20(29)26-8-10-30-11-9-26/h1,14-17H,4-13H2,2H3/t16-,17-/m1/s1. The van der Waals surface area contributed by atoms with Gasteiger partial charge in [-0.25, -0.2) is 4.98 Å². The van der Waals surface area contributed by atoms with Crippen molar-refractivity contribution in [2.45, 2.75) is 37.3 Å². The molecule has 0 N–H and O–H groups in total. The average Bonchev–Trinajstić information content (AvgIpc) is 3.18. The Morgan fingerprint density at radius 3 is 2.63 bits per heavy atom. The van der Waals surface area contributed by atoms with Crippen LogP contribution < -0.4 is 0 Å². The first kappa shape index (κ1) is 20.5. The molecule has 0 radical (unpaired) electrons. The van der Waals surface area contributed by atoms with E-state index >= 15 is 0 Å². The molecule has 0 unspecified atom stereocenters. The normalized spacial score (nSPS) is 24.7. The first-order valence-corrected chi connectivity index (χ1v) is 10.5. The Bertz CT molecular complexity index is 860. The van der Waals surface area contributed by atoms with Gasteiger partial charge < -0.3 is 19.1 Å². The van der Waals surface area contributed by atoms with Gasteiger partial charge in [-0.2, -0.15) is 10.2 Å². The summed E-state index contributed by atoms with van der Waals surface area (Å²) in [5, 5.41) is 8.23. The molecule has 3 aliphatic rings. The molecule has 160 valence electrons.